The molecule has 1 heterocycles. The fraction of sp³-hybridized carbons (Fsp3) is 0.316. The van der Waals surface area contributed by atoms with Crippen LogP contribution in [-0.2, 0) is 14.8 Å². The summed E-state index contributed by atoms with van der Waals surface area (Å²) in [6, 6.07) is 12.6. The van der Waals surface area contributed by atoms with Crippen LogP contribution in [0.25, 0.3) is 0 Å². The molecule has 27 heavy (non-hydrogen) atoms. The van der Waals surface area contributed by atoms with Crippen molar-refractivity contribution < 1.29 is 27.8 Å². The SMILES string of the molecule is CC(C)(Oc1ccc2c(c1)OCCC2NS(=O)(=O)c1ccccc1)C(=O)O. The Bertz CT molecular complexity index is 940. The van der Waals surface area contributed by atoms with Crippen molar-refractivity contribution in [2.24, 2.45) is 0 Å². The number of hydrogen-bond acceptors (Lipinski definition) is 5. The maximum absolute atomic E-state index is 12.6. The molecule has 144 valence electrons. The first-order valence-electron chi connectivity index (χ1n) is 8.45. The Hall–Kier alpha value is -2.58. The summed E-state index contributed by atoms with van der Waals surface area (Å²) in [5.41, 5.74) is -0.710. The number of aliphatic carboxylic acids is 1. The van der Waals surface area contributed by atoms with E-state index in [4.69, 9.17) is 9.47 Å². The molecule has 0 bridgehead atoms. The first-order valence-corrected chi connectivity index (χ1v) is 9.94. The van der Waals surface area contributed by atoms with Crippen LogP contribution in [0.2, 0.25) is 0 Å². The van der Waals surface area contributed by atoms with Gasteiger partial charge in [-0.2, -0.15) is 0 Å². The summed E-state index contributed by atoms with van der Waals surface area (Å²) in [7, 11) is -3.67. The van der Waals surface area contributed by atoms with Crippen molar-refractivity contribution in [2.45, 2.75) is 36.8 Å². The first kappa shape index (κ1) is 19.2. The zero-order valence-corrected chi connectivity index (χ0v) is 15.8. The summed E-state index contributed by atoms with van der Waals surface area (Å²) >= 11 is 0. The standard InChI is InChI=1S/C19H21NO6S/c1-19(2,18(21)22)26-13-8-9-15-16(10-11-25-17(15)12-13)20-27(23,24)14-6-4-3-5-7-14/h3-9,12,16,20H,10-11H2,1-2H3,(H,21,22). The van der Waals surface area contributed by atoms with E-state index in [0.29, 0.717) is 30.1 Å². The molecule has 0 fully saturated rings. The van der Waals surface area contributed by atoms with Crippen LogP contribution in [0.15, 0.2) is 53.4 Å². The molecule has 8 heteroatoms. The normalized spacial score (nSPS) is 16.9. The van der Waals surface area contributed by atoms with Crippen LogP contribution < -0.4 is 14.2 Å². The van der Waals surface area contributed by atoms with E-state index in [1.807, 2.05) is 0 Å². The molecule has 2 aromatic carbocycles. The van der Waals surface area contributed by atoms with Crippen molar-refractivity contribution in [3.05, 3.63) is 54.1 Å². The Morgan fingerprint density at radius 3 is 2.59 bits per heavy atom. The predicted molar refractivity (Wildman–Crippen MR) is 98.4 cm³/mol. The van der Waals surface area contributed by atoms with Crippen LogP contribution in [0.5, 0.6) is 11.5 Å². The average molecular weight is 391 g/mol. The highest BCUT2D eigenvalue weighted by Gasteiger charge is 2.31. The number of nitrogens with one attached hydrogen (secondary N) is 1. The lowest BCUT2D eigenvalue weighted by molar-refractivity contribution is -0.152. The van der Waals surface area contributed by atoms with Gasteiger partial charge in [0.2, 0.25) is 10.0 Å². The molecule has 0 spiro atoms. The van der Waals surface area contributed by atoms with Gasteiger partial charge in [0.1, 0.15) is 11.5 Å². The smallest absolute Gasteiger partial charge is 0.347 e. The molecule has 0 amide bonds. The van der Waals surface area contributed by atoms with Gasteiger partial charge in [0.15, 0.2) is 5.60 Å². The average Bonchev–Trinajstić information content (AvgIpc) is 2.62. The summed E-state index contributed by atoms with van der Waals surface area (Å²) in [4.78, 5) is 11.4. The molecule has 1 atom stereocenters. The van der Waals surface area contributed by atoms with Crippen LogP contribution in [0.4, 0.5) is 0 Å². The Kier molecular flexibility index (Phi) is 5.12. The fourth-order valence-corrected chi connectivity index (χ4v) is 4.02. The van der Waals surface area contributed by atoms with Crippen LogP contribution in [0.3, 0.4) is 0 Å². The monoisotopic (exact) mass is 391 g/mol. The molecule has 3 rings (SSSR count). The summed E-state index contributed by atoms with van der Waals surface area (Å²) in [6.45, 7) is 3.24. The second-order valence-corrected chi connectivity index (χ2v) is 8.46. The molecule has 0 saturated heterocycles. The van der Waals surface area contributed by atoms with Gasteiger partial charge in [-0.3, -0.25) is 0 Å². The van der Waals surface area contributed by atoms with Gasteiger partial charge in [-0.05, 0) is 32.0 Å². The van der Waals surface area contributed by atoms with E-state index < -0.39 is 27.6 Å². The molecule has 1 aliphatic rings. The minimum absolute atomic E-state index is 0.196. The van der Waals surface area contributed by atoms with Gasteiger partial charge in [-0.15, -0.1) is 0 Å². The van der Waals surface area contributed by atoms with E-state index in [1.54, 1.807) is 36.4 Å². The zero-order chi connectivity index (χ0) is 19.7. The third kappa shape index (κ3) is 4.23. The minimum atomic E-state index is -3.67. The lowest BCUT2D eigenvalue weighted by atomic mass is 10.0. The van der Waals surface area contributed by atoms with E-state index in [1.165, 1.54) is 26.0 Å². The van der Waals surface area contributed by atoms with Gasteiger partial charge in [0.05, 0.1) is 17.5 Å². The first-order chi connectivity index (χ1) is 12.7. The molecule has 0 radical (unpaired) electrons. The number of carboxylic acids is 1. The molecule has 0 saturated carbocycles. The van der Waals surface area contributed by atoms with Crippen LogP contribution in [0.1, 0.15) is 31.9 Å². The van der Waals surface area contributed by atoms with Gasteiger partial charge in [-0.25, -0.2) is 17.9 Å². The third-order valence-corrected chi connectivity index (χ3v) is 5.75. The van der Waals surface area contributed by atoms with Crippen LogP contribution in [0, 0.1) is 0 Å². The van der Waals surface area contributed by atoms with Crippen LogP contribution >= 0.6 is 0 Å². The quantitative estimate of drug-likeness (QED) is 0.785. The number of ether oxygens (including phenoxy) is 2. The van der Waals surface area contributed by atoms with E-state index >= 15 is 0 Å². The summed E-state index contributed by atoms with van der Waals surface area (Å²) in [5, 5.41) is 9.19. The van der Waals surface area contributed by atoms with Gasteiger partial charge in [0, 0.05) is 18.1 Å². The van der Waals surface area contributed by atoms with E-state index in [-0.39, 0.29) is 4.90 Å². The summed E-state index contributed by atoms with van der Waals surface area (Å²) < 4.78 is 39.1. The minimum Gasteiger partial charge on any atom is -0.493 e. The number of rotatable bonds is 6. The van der Waals surface area contributed by atoms with Crippen molar-refractivity contribution in [3.63, 3.8) is 0 Å². The van der Waals surface area contributed by atoms with Crippen molar-refractivity contribution in [1.82, 2.24) is 4.72 Å². The van der Waals surface area contributed by atoms with E-state index in [9.17, 15) is 18.3 Å². The molecule has 7 nitrogen and oxygen atoms in total. The number of hydrogen-bond donors (Lipinski definition) is 2. The molecular formula is C19H21NO6S. The molecule has 1 unspecified atom stereocenters. The van der Waals surface area contributed by atoms with Crippen molar-refractivity contribution in [1.29, 1.82) is 0 Å². The summed E-state index contributed by atoms with van der Waals surface area (Å²) in [6.07, 6.45) is 0.486. The number of benzene rings is 2. The highest BCUT2D eigenvalue weighted by Crippen LogP contribution is 2.36. The molecule has 2 aromatic rings. The zero-order valence-electron chi connectivity index (χ0n) is 15.0. The van der Waals surface area contributed by atoms with E-state index in [0.717, 1.165) is 0 Å². The molecule has 2 N–H and O–H groups in total. The Labute approximate surface area is 158 Å². The lowest BCUT2D eigenvalue weighted by Crippen LogP contribution is -2.38. The second kappa shape index (κ2) is 7.21. The van der Waals surface area contributed by atoms with Gasteiger partial charge < -0.3 is 14.6 Å². The number of sulfonamides is 1. The lowest BCUT2D eigenvalue weighted by Gasteiger charge is -2.28. The van der Waals surface area contributed by atoms with Gasteiger partial charge >= 0.3 is 5.97 Å². The van der Waals surface area contributed by atoms with Crippen molar-refractivity contribution in [2.75, 3.05) is 6.61 Å². The molecular weight excluding hydrogens is 370 g/mol. The highest BCUT2D eigenvalue weighted by molar-refractivity contribution is 7.89. The molecule has 0 aliphatic carbocycles. The second-order valence-electron chi connectivity index (χ2n) is 6.74. The van der Waals surface area contributed by atoms with Gasteiger partial charge in [-0.1, -0.05) is 24.3 Å². The van der Waals surface area contributed by atoms with Crippen molar-refractivity contribution in [3.8, 4) is 11.5 Å². The topological polar surface area (TPSA) is 102 Å². The van der Waals surface area contributed by atoms with Crippen molar-refractivity contribution >= 4 is 16.0 Å². The van der Waals surface area contributed by atoms with Gasteiger partial charge in [0.25, 0.3) is 0 Å². The Morgan fingerprint density at radius 2 is 1.93 bits per heavy atom. The predicted octanol–water partition coefficient (Wildman–Crippen LogP) is 2.73. The number of carboxylic acid groups (broad SMARTS) is 1. The Balaban J connectivity index is 1.84. The number of carbonyl (C=O) groups is 1. The highest BCUT2D eigenvalue weighted by atomic mass is 32.2. The van der Waals surface area contributed by atoms with E-state index in [2.05, 4.69) is 4.72 Å². The Morgan fingerprint density at radius 1 is 1.22 bits per heavy atom. The molecule has 0 aromatic heterocycles. The third-order valence-electron chi connectivity index (χ3n) is 4.26. The van der Waals surface area contributed by atoms with Crippen LogP contribution in [-0.4, -0.2) is 31.7 Å². The largest absolute Gasteiger partial charge is 0.493 e. The summed E-state index contributed by atoms with van der Waals surface area (Å²) in [5.74, 6) is -0.275. The number of fused-ring (bicyclic) bond motifs is 1. The maximum Gasteiger partial charge on any atom is 0.347 e. The fourth-order valence-electron chi connectivity index (χ4n) is 2.75. The maximum atomic E-state index is 12.6. The molecule has 1 aliphatic heterocycles.